The van der Waals surface area contributed by atoms with Gasteiger partial charge in [0.2, 0.25) is 0 Å². The molecule has 1 heterocycles. The summed E-state index contributed by atoms with van der Waals surface area (Å²) in [7, 11) is 0. The highest BCUT2D eigenvalue weighted by molar-refractivity contribution is 6.34. The normalized spacial score (nSPS) is 20.5. The molecule has 1 aliphatic heterocycles. The molecule has 0 fully saturated rings. The van der Waals surface area contributed by atoms with E-state index in [2.05, 4.69) is 15.0 Å². The van der Waals surface area contributed by atoms with Crippen LogP contribution in [0.5, 0.6) is 0 Å². The Labute approximate surface area is 86.4 Å². The Morgan fingerprint density at radius 3 is 2.57 bits per heavy atom. The lowest BCUT2D eigenvalue weighted by molar-refractivity contribution is 1.11. The monoisotopic (exact) mass is 193 g/mol. The zero-order valence-corrected chi connectivity index (χ0v) is 9.70. The standard InChI is InChI=1S/C9H13N3.C2H6/c1-4-8-9(10-5-2)11-6-7(3)12-8;1-2/h4,6H,5H2,1-3H3;1-2H3/b8-4+,10-9?;. The van der Waals surface area contributed by atoms with Gasteiger partial charge < -0.3 is 0 Å². The third-order valence-electron chi connectivity index (χ3n) is 1.48. The summed E-state index contributed by atoms with van der Waals surface area (Å²) in [4.78, 5) is 12.7. The molecule has 0 aromatic carbocycles. The summed E-state index contributed by atoms with van der Waals surface area (Å²) in [5.41, 5.74) is 1.80. The van der Waals surface area contributed by atoms with Crippen LogP contribution in [0.3, 0.4) is 0 Å². The van der Waals surface area contributed by atoms with Crippen LogP contribution >= 0.6 is 0 Å². The molecule has 0 aliphatic carbocycles. The summed E-state index contributed by atoms with van der Waals surface area (Å²) in [6.45, 7) is 10.6. The highest BCUT2D eigenvalue weighted by Crippen LogP contribution is 2.06. The Balaban J connectivity index is 0.000000791. The van der Waals surface area contributed by atoms with E-state index in [0.29, 0.717) is 0 Å². The Kier molecular flexibility index (Phi) is 6.54. The highest BCUT2D eigenvalue weighted by Gasteiger charge is 2.06. The molecule has 3 nitrogen and oxygen atoms in total. The lowest BCUT2D eigenvalue weighted by Crippen LogP contribution is -2.09. The smallest absolute Gasteiger partial charge is 0.173 e. The van der Waals surface area contributed by atoms with Crippen LogP contribution in [0.25, 0.3) is 0 Å². The van der Waals surface area contributed by atoms with E-state index in [4.69, 9.17) is 0 Å². The average molecular weight is 193 g/mol. The van der Waals surface area contributed by atoms with Gasteiger partial charge in [-0.3, -0.25) is 4.99 Å². The van der Waals surface area contributed by atoms with E-state index in [1.807, 2.05) is 40.7 Å². The van der Waals surface area contributed by atoms with Crippen LogP contribution in [0.4, 0.5) is 0 Å². The first-order valence-electron chi connectivity index (χ1n) is 5.08. The van der Waals surface area contributed by atoms with Crippen molar-refractivity contribution < 1.29 is 0 Å². The fourth-order valence-corrected chi connectivity index (χ4v) is 0.955. The zero-order chi connectivity index (χ0) is 11.0. The topological polar surface area (TPSA) is 37.1 Å². The van der Waals surface area contributed by atoms with Crippen molar-refractivity contribution in [3.8, 4) is 0 Å². The predicted molar refractivity (Wildman–Crippen MR) is 64.7 cm³/mol. The van der Waals surface area contributed by atoms with Gasteiger partial charge in [-0.2, -0.15) is 0 Å². The maximum absolute atomic E-state index is 4.30. The van der Waals surface area contributed by atoms with Crippen LogP contribution in [-0.4, -0.2) is 24.3 Å². The van der Waals surface area contributed by atoms with Crippen molar-refractivity contribution >= 4 is 17.8 Å². The molecular weight excluding hydrogens is 174 g/mol. The first-order chi connectivity index (χ1) is 6.77. The Morgan fingerprint density at radius 1 is 1.43 bits per heavy atom. The van der Waals surface area contributed by atoms with Crippen molar-refractivity contribution in [2.45, 2.75) is 34.6 Å². The number of hydrogen-bond donors (Lipinski definition) is 0. The average Bonchev–Trinajstić information content (AvgIpc) is 2.24. The highest BCUT2D eigenvalue weighted by atomic mass is 15.0. The zero-order valence-electron chi connectivity index (χ0n) is 9.70. The molecule has 0 N–H and O–H groups in total. The number of rotatable bonds is 1. The number of hydrogen-bond acceptors (Lipinski definition) is 2. The van der Waals surface area contributed by atoms with Gasteiger partial charge in [0.1, 0.15) is 5.70 Å². The van der Waals surface area contributed by atoms with Crippen molar-refractivity contribution in [2.75, 3.05) is 6.54 Å². The van der Waals surface area contributed by atoms with Gasteiger partial charge in [-0.1, -0.05) is 19.9 Å². The quantitative estimate of drug-likeness (QED) is 0.614. The van der Waals surface area contributed by atoms with E-state index in [1.54, 1.807) is 6.21 Å². The summed E-state index contributed by atoms with van der Waals surface area (Å²) >= 11 is 0. The minimum absolute atomic E-state index is 0.741. The van der Waals surface area contributed by atoms with Crippen LogP contribution in [0, 0.1) is 0 Å². The van der Waals surface area contributed by atoms with E-state index in [9.17, 15) is 0 Å². The minimum atomic E-state index is 0.741. The molecule has 0 atom stereocenters. The van der Waals surface area contributed by atoms with E-state index in [0.717, 1.165) is 23.8 Å². The summed E-state index contributed by atoms with van der Waals surface area (Å²) in [6.07, 6.45) is 3.66. The fourth-order valence-electron chi connectivity index (χ4n) is 0.955. The Morgan fingerprint density at radius 2 is 2.07 bits per heavy atom. The van der Waals surface area contributed by atoms with Crippen LogP contribution in [-0.2, 0) is 0 Å². The van der Waals surface area contributed by atoms with Gasteiger partial charge in [-0.25, -0.2) is 9.98 Å². The number of allylic oxidation sites excluding steroid dienone is 1. The van der Waals surface area contributed by atoms with Gasteiger partial charge in [0, 0.05) is 6.54 Å². The van der Waals surface area contributed by atoms with Crippen molar-refractivity contribution in [1.29, 1.82) is 0 Å². The lowest BCUT2D eigenvalue weighted by atomic mass is 10.3. The van der Waals surface area contributed by atoms with Crippen LogP contribution < -0.4 is 0 Å². The van der Waals surface area contributed by atoms with Gasteiger partial charge in [0.05, 0.1) is 11.9 Å². The summed E-state index contributed by atoms with van der Waals surface area (Å²) in [5.74, 6) is 0.741. The largest absolute Gasteiger partial charge is 0.265 e. The summed E-state index contributed by atoms with van der Waals surface area (Å²) < 4.78 is 0. The van der Waals surface area contributed by atoms with Gasteiger partial charge in [0.25, 0.3) is 0 Å². The molecule has 0 spiro atoms. The fraction of sp³-hybridized carbons (Fsp3) is 0.545. The van der Waals surface area contributed by atoms with Crippen molar-refractivity contribution in [3.05, 3.63) is 11.8 Å². The second-order valence-corrected chi connectivity index (χ2v) is 2.48. The number of aliphatic imine (C=N–C) groups is 3. The first kappa shape index (κ1) is 12.8. The Hall–Kier alpha value is -1.25. The molecule has 0 bridgehead atoms. The maximum Gasteiger partial charge on any atom is 0.173 e. The van der Waals surface area contributed by atoms with E-state index in [-0.39, 0.29) is 0 Å². The van der Waals surface area contributed by atoms with Crippen molar-refractivity contribution in [3.63, 3.8) is 0 Å². The molecule has 0 aromatic rings. The Bertz CT molecular complexity index is 283. The van der Waals surface area contributed by atoms with Crippen molar-refractivity contribution in [1.82, 2.24) is 0 Å². The molecule has 14 heavy (non-hydrogen) atoms. The summed E-state index contributed by atoms with van der Waals surface area (Å²) in [6, 6.07) is 0. The second kappa shape index (κ2) is 7.18. The second-order valence-electron chi connectivity index (χ2n) is 2.48. The first-order valence-corrected chi connectivity index (χ1v) is 5.08. The van der Waals surface area contributed by atoms with E-state index in [1.165, 1.54) is 0 Å². The van der Waals surface area contributed by atoms with Gasteiger partial charge in [0.15, 0.2) is 5.84 Å². The third kappa shape index (κ3) is 3.64. The summed E-state index contributed by atoms with van der Waals surface area (Å²) in [5, 5.41) is 0. The molecule has 0 saturated carbocycles. The number of amidine groups is 1. The molecular formula is C11H19N3. The molecule has 1 rings (SSSR count). The van der Waals surface area contributed by atoms with Gasteiger partial charge in [-0.05, 0) is 20.8 Å². The molecule has 0 unspecified atom stereocenters. The molecule has 78 valence electrons. The minimum Gasteiger partial charge on any atom is -0.265 e. The predicted octanol–water partition coefficient (Wildman–Crippen LogP) is 2.88. The van der Waals surface area contributed by atoms with Crippen LogP contribution in [0.15, 0.2) is 26.8 Å². The van der Waals surface area contributed by atoms with Gasteiger partial charge in [-0.15, -0.1) is 0 Å². The molecule has 1 aliphatic rings. The van der Waals surface area contributed by atoms with Crippen LogP contribution in [0.1, 0.15) is 34.6 Å². The number of nitrogens with zero attached hydrogens (tertiary/aromatic N) is 3. The van der Waals surface area contributed by atoms with E-state index >= 15 is 0 Å². The SMILES string of the molecule is C/C=C1/N=C(C)C=NC1=NCC.CC. The van der Waals surface area contributed by atoms with Gasteiger partial charge >= 0.3 is 0 Å². The van der Waals surface area contributed by atoms with E-state index < -0.39 is 0 Å². The molecule has 0 amide bonds. The third-order valence-corrected chi connectivity index (χ3v) is 1.48. The molecule has 0 radical (unpaired) electrons. The van der Waals surface area contributed by atoms with Crippen molar-refractivity contribution in [2.24, 2.45) is 15.0 Å². The molecule has 0 aromatic heterocycles. The lowest BCUT2D eigenvalue weighted by Gasteiger charge is -2.06. The van der Waals surface area contributed by atoms with Crippen LogP contribution in [0.2, 0.25) is 0 Å². The molecule has 0 saturated heterocycles. The maximum atomic E-state index is 4.30. The molecule has 3 heteroatoms.